The summed E-state index contributed by atoms with van der Waals surface area (Å²) in [4.78, 5) is 0. The number of hydrogen-bond acceptors (Lipinski definition) is 1. The van der Waals surface area contributed by atoms with Gasteiger partial charge in [0.2, 0.25) is 0 Å². The molecule has 1 fully saturated rings. The number of methoxy groups -OCH3 is 1. The summed E-state index contributed by atoms with van der Waals surface area (Å²) in [6, 6.07) is 0. The van der Waals surface area contributed by atoms with Crippen LogP contribution in [0.25, 0.3) is 0 Å². The monoisotopic (exact) mass is 156 g/mol. The fourth-order valence-corrected chi connectivity index (χ4v) is 2.05. The average Bonchev–Trinajstić information content (AvgIpc) is 2.04. The first-order valence-corrected chi connectivity index (χ1v) is 4.72. The van der Waals surface area contributed by atoms with Crippen LogP contribution in [0.2, 0.25) is 0 Å². The molecule has 1 saturated carbocycles. The summed E-state index contributed by atoms with van der Waals surface area (Å²) >= 11 is 0. The zero-order valence-corrected chi connectivity index (χ0v) is 8.02. The molecule has 0 aromatic rings. The van der Waals surface area contributed by atoms with Crippen molar-refractivity contribution in [3.63, 3.8) is 0 Å². The average molecular weight is 156 g/mol. The van der Waals surface area contributed by atoms with Crippen molar-refractivity contribution in [1.29, 1.82) is 0 Å². The first-order valence-electron chi connectivity index (χ1n) is 4.72. The van der Waals surface area contributed by atoms with Gasteiger partial charge in [-0.25, -0.2) is 0 Å². The molecule has 0 bridgehead atoms. The number of hydrogen-bond donors (Lipinski definition) is 0. The van der Waals surface area contributed by atoms with E-state index in [-0.39, 0.29) is 0 Å². The summed E-state index contributed by atoms with van der Waals surface area (Å²) in [6.07, 6.45) is 7.34. The number of ether oxygens (including phenoxy) is 1. The third kappa shape index (κ3) is 1.96. The molecule has 66 valence electrons. The molecule has 1 aliphatic rings. The van der Waals surface area contributed by atoms with E-state index in [1.807, 2.05) is 7.11 Å². The first kappa shape index (κ1) is 9.05. The van der Waals surface area contributed by atoms with Gasteiger partial charge in [-0.05, 0) is 25.2 Å². The number of rotatable bonds is 2. The predicted octanol–water partition coefficient (Wildman–Crippen LogP) is 2.99. The van der Waals surface area contributed by atoms with Gasteiger partial charge in [0.15, 0.2) is 0 Å². The standard InChI is InChI=1S/C10H20O/c1-9(11-3)10(2)7-5-4-6-8-10/h9H,4-8H2,1-3H3. The van der Waals surface area contributed by atoms with Crippen LogP contribution >= 0.6 is 0 Å². The smallest absolute Gasteiger partial charge is 0.0596 e. The lowest BCUT2D eigenvalue weighted by Gasteiger charge is -2.38. The molecule has 0 N–H and O–H groups in total. The van der Waals surface area contributed by atoms with Crippen LogP contribution in [0.15, 0.2) is 0 Å². The SMILES string of the molecule is COC(C)C1(C)CCCCC1. The maximum atomic E-state index is 5.39. The van der Waals surface area contributed by atoms with Gasteiger partial charge in [0.25, 0.3) is 0 Å². The molecule has 1 aliphatic carbocycles. The topological polar surface area (TPSA) is 9.23 Å². The van der Waals surface area contributed by atoms with Crippen LogP contribution in [0.3, 0.4) is 0 Å². The van der Waals surface area contributed by atoms with Crippen LogP contribution in [-0.2, 0) is 4.74 Å². The van der Waals surface area contributed by atoms with E-state index in [1.54, 1.807) is 0 Å². The molecule has 0 spiro atoms. The highest BCUT2D eigenvalue weighted by Gasteiger charge is 2.32. The zero-order valence-electron chi connectivity index (χ0n) is 8.02. The minimum Gasteiger partial charge on any atom is -0.381 e. The highest BCUT2D eigenvalue weighted by Crippen LogP contribution is 2.39. The van der Waals surface area contributed by atoms with Gasteiger partial charge in [-0.3, -0.25) is 0 Å². The molecule has 0 aromatic carbocycles. The second kappa shape index (κ2) is 3.57. The summed E-state index contributed by atoms with van der Waals surface area (Å²) < 4.78 is 5.39. The van der Waals surface area contributed by atoms with E-state index in [1.165, 1.54) is 32.1 Å². The van der Waals surface area contributed by atoms with Crippen LogP contribution in [-0.4, -0.2) is 13.2 Å². The van der Waals surface area contributed by atoms with Gasteiger partial charge in [-0.1, -0.05) is 26.2 Å². The molecule has 1 unspecified atom stereocenters. The van der Waals surface area contributed by atoms with Crippen molar-refractivity contribution in [1.82, 2.24) is 0 Å². The molecule has 1 atom stereocenters. The minimum atomic E-state index is 0.433. The van der Waals surface area contributed by atoms with Gasteiger partial charge >= 0.3 is 0 Å². The fourth-order valence-electron chi connectivity index (χ4n) is 2.05. The minimum absolute atomic E-state index is 0.433. The third-order valence-corrected chi connectivity index (χ3v) is 3.33. The van der Waals surface area contributed by atoms with E-state index >= 15 is 0 Å². The maximum absolute atomic E-state index is 5.39. The molecule has 0 amide bonds. The van der Waals surface area contributed by atoms with E-state index < -0.39 is 0 Å². The van der Waals surface area contributed by atoms with E-state index in [0.29, 0.717) is 11.5 Å². The van der Waals surface area contributed by atoms with Gasteiger partial charge in [0.05, 0.1) is 6.10 Å². The Kier molecular flexibility index (Phi) is 2.94. The Morgan fingerprint density at radius 3 is 2.18 bits per heavy atom. The Bertz CT molecular complexity index is 114. The second-order valence-corrected chi connectivity index (χ2v) is 4.09. The summed E-state index contributed by atoms with van der Waals surface area (Å²) in [5.74, 6) is 0. The lowest BCUT2D eigenvalue weighted by atomic mass is 9.72. The molecule has 11 heavy (non-hydrogen) atoms. The largest absolute Gasteiger partial charge is 0.381 e. The Balaban J connectivity index is 2.49. The van der Waals surface area contributed by atoms with Gasteiger partial charge in [-0.2, -0.15) is 0 Å². The summed E-state index contributed by atoms with van der Waals surface area (Å²) in [5, 5.41) is 0. The molecule has 1 nitrogen and oxygen atoms in total. The highest BCUT2D eigenvalue weighted by molar-refractivity contribution is 4.83. The van der Waals surface area contributed by atoms with Crippen LogP contribution < -0.4 is 0 Å². The molecule has 0 saturated heterocycles. The zero-order chi connectivity index (χ0) is 8.32. The Morgan fingerprint density at radius 2 is 1.73 bits per heavy atom. The third-order valence-electron chi connectivity index (χ3n) is 3.33. The highest BCUT2D eigenvalue weighted by atomic mass is 16.5. The van der Waals surface area contributed by atoms with Crippen molar-refractivity contribution < 1.29 is 4.74 Å². The van der Waals surface area contributed by atoms with Gasteiger partial charge < -0.3 is 4.74 Å². The van der Waals surface area contributed by atoms with Crippen molar-refractivity contribution in [3.8, 4) is 0 Å². The van der Waals surface area contributed by atoms with E-state index in [2.05, 4.69) is 13.8 Å². The van der Waals surface area contributed by atoms with Crippen molar-refractivity contribution in [3.05, 3.63) is 0 Å². The van der Waals surface area contributed by atoms with E-state index in [4.69, 9.17) is 4.74 Å². The predicted molar refractivity (Wildman–Crippen MR) is 47.7 cm³/mol. The van der Waals surface area contributed by atoms with Crippen molar-refractivity contribution in [2.24, 2.45) is 5.41 Å². The van der Waals surface area contributed by atoms with E-state index in [9.17, 15) is 0 Å². The van der Waals surface area contributed by atoms with Crippen molar-refractivity contribution >= 4 is 0 Å². The van der Waals surface area contributed by atoms with Gasteiger partial charge in [0, 0.05) is 7.11 Å². The van der Waals surface area contributed by atoms with Crippen molar-refractivity contribution in [2.75, 3.05) is 7.11 Å². The maximum Gasteiger partial charge on any atom is 0.0596 e. The summed E-state index contributed by atoms with van der Waals surface area (Å²) in [7, 11) is 1.82. The molecule has 1 heteroatoms. The fraction of sp³-hybridized carbons (Fsp3) is 1.00. The molecule has 0 radical (unpaired) electrons. The first-order chi connectivity index (χ1) is 5.19. The Hall–Kier alpha value is -0.0400. The normalized spacial score (nSPS) is 26.5. The molecule has 0 aromatic heterocycles. The van der Waals surface area contributed by atoms with Crippen LogP contribution in [0, 0.1) is 5.41 Å². The van der Waals surface area contributed by atoms with Crippen molar-refractivity contribution in [2.45, 2.75) is 52.1 Å². The molecule has 0 heterocycles. The molecule has 0 aliphatic heterocycles. The second-order valence-electron chi connectivity index (χ2n) is 4.09. The van der Waals surface area contributed by atoms with Crippen LogP contribution in [0.1, 0.15) is 46.0 Å². The van der Waals surface area contributed by atoms with Gasteiger partial charge in [-0.15, -0.1) is 0 Å². The summed E-state index contributed by atoms with van der Waals surface area (Å²) in [6.45, 7) is 4.56. The lowest BCUT2D eigenvalue weighted by Crippen LogP contribution is -2.33. The molecular formula is C10H20O. The Morgan fingerprint density at radius 1 is 1.18 bits per heavy atom. The van der Waals surface area contributed by atoms with Gasteiger partial charge in [0.1, 0.15) is 0 Å². The van der Waals surface area contributed by atoms with Crippen LogP contribution in [0.4, 0.5) is 0 Å². The Labute approximate surface area is 70.1 Å². The molecule has 1 rings (SSSR count). The van der Waals surface area contributed by atoms with Crippen LogP contribution in [0.5, 0.6) is 0 Å². The molecular weight excluding hydrogens is 136 g/mol. The van der Waals surface area contributed by atoms with E-state index in [0.717, 1.165) is 0 Å². The lowest BCUT2D eigenvalue weighted by molar-refractivity contribution is -0.0113. The quantitative estimate of drug-likeness (QED) is 0.597. The summed E-state index contributed by atoms with van der Waals surface area (Å²) in [5.41, 5.74) is 0.465.